The fourth-order valence-corrected chi connectivity index (χ4v) is 3.76. The van der Waals surface area contributed by atoms with Gasteiger partial charge in [-0.2, -0.15) is 13.2 Å². The second kappa shape index (κ2) is 13.7. The number of benzene rings is 2. The molecule has 0 saturated heterocycles. The van der Waals surface area contributed by atoms with Crippen molar-refractivity contribution in [1.82, 2.24) is 4.98 Å². The molecule has 2 N–H and O–H groups in total. The number of methoxy groups -OCH3 is 1. The van der Waals surface area contributed by atoms with Crippen LogP contribution in [0.2, 0.25) is 5.02 Å². The van der Waals surface area contributed by atoms with E-state index in [0.29, 0.717) is 23.6 Å². The van der Waals surface area contributed by atoms with Crippen LogP contribution in [-0.4, -0.2) is 37.7 Å². The van der Waals surface area contributed by atoms with Crippen molar-refractivity contribution in [3.05, 3.63) is 71.4 Å². The van der Waals surface area contributed by atoms with Gasteiger partial charge < -0.3 is 25.0 Å². The molecule has 8 nitrogen and oxygen atoms in total. The molecule has 0 aliphatic carbocycles. The Bertz CT molecular complexity index is 1270. The van der Waals surface area contributed by atoms with Gasteiger partial charge in [-0.05, 0) is 61.4 Å². The highest BCUT2D eigenvalue weighted by molar-refractivity contribution is 6.31. The number of ether oxygens (including phenoxy) is 2. The number of esters is 1. The van der Waals surface area contributed by atoms with Gasteiger partial charge in [0.25, 0.3) is 0 Å². The molecule has 0 fully saturated rings. The van der Waals surface area contributed by atoms with Crippen LogP contribution in [0.25, 0.3) is 0 Å². The summed E-state index contributed by atoms with van der Waals surface area (Å²) in [6, 6.07) is 12.4. The van der Waals surface area contributed by atoms with Gasteiger partial charge in [0.1, 0.15) is 17.3 Å². The average Bonchev–Trinajstić information content (AvgIpc) is 2.90. The first-order valence-electron chi connectivity index (χ1n) is 12.0. The number of urea groups is 1. The lowest BCUT2D eigenvalue weighted by molar-refractivity contribution is -0.140. The Kier molecular flexibility index (Phi) is 10.4. The molecule has 39 heavy (non-hydrogen) atoms. The monoisotopic (exact) mass is 564 g/mol. The number of anilines is 3. The Balaban J connectivity index is 1.51. The van der Waals surface area contributed by atoms with Crippen LogP contribution in [0.3, 0.4) is 0 Å². The molecule has 1 aromatic heterocycles. The number of rotatable bonds is 11. The van der Waals surface area contributed by atoms with Crippen LogP contribution in [0.5, 0.6) is 11.5 Å². The number of aromatic nitrogens is 1. The van der Waals surface area contributed by atoms with E-state index < -0.39 is 22.8 Å². The SMILES string of the molecule is COC(=O)CCCCCN(C)c1cc(Oc2ccc(NC(=O)Nc3ccc(Cl)c(C(F)(F)F)c3)cc2)ccn1. The number of alkyl halides is 3. The number of hydrogen-bond acceptors (Lipinski definition) is 6. The standard InChI is InChI=1S/C27H28ClF3N4O4/c1-35(15-5-3-4-6-25(36)38-2)24-17-21(13-14-32-24)39-20-10-7-18(8-11-20)33-26(37)34-19-9-12-23(28)22(16-19)27(29,30)31/h7-14,16-17H,3-6,15H2,1-2H3,(H2,33,34,37). The van der Waals surface area contributed by atoms with Crippen molar-refractivity contribution < 1.29 is 32.2 Å². The van der Waals surface area contributed by atoms with E-state index in [0.717, 1.165) is 43.8 Å². The van der Waals surface area contributed by atoms with Gasteiger partial charge in [0.2, 0.25) is 0 Å². The molecule has 12 heteroatoms. The van der Waals surface area contributed by atoms with Crippen molar-refractivity contribution >= 4 is 40.8 Å². The maximum atomic E-state index is 13.0. The third-order valence-corrected chi connectivity index (χ3v) is 5.92. The average molecular weight is 565 g/mol. The van der Waals surface area contributed by atoms with Crippen LogP contribution < -0.4 is 20.3 Å². The summed E-state index contributed by atoms with van der Waals surface area (Å²) in [6.45, 7) is 0.758. The van der Waals surface area contributed by atoms with Crippen molar-refractivity contribution in [3.8, 4) is 11.5 Å². The Morgan fingerprint density at radius 3 is 2.33 bits per heavy atom. The molecular weight excluding hydrogens is 537 g/mol. The first-order valence-corrected chi connectivity index (χ1v) is 12.4. The highest BCUT2D eigenvalue weighted by Crippen LogP contribution is 2.36. The van der Waals surface area contributed by atoms with Crippen molar-refractivity contribution in [3.63, 3.8) is 0 Å². The van der Waals surface area contributed by atoms with E-state index in [9.17, 15) is 22.8 Å². The largest absolute Gasteiger partial charge is 0.469 e. The van der Waals surface area contributed by atoms with E-state index in [4.69, 9.17) is 16.3 Å². The Labute approximate surface area is 229 Å². The van der Waals surface area contributed by atoms with E-state index in [1.807, 2.05) is 11.9 Å². The van der Waals surface area contributed by atoms with E-state index in [2.05, 4.69) is 20.4 Å². The zero-order chi connectivity index (χ0) is 28.4. The smallest absolute Gasteiger partial charge is 0.417 e. The summed E-state index contributed by atoms with van der Waals surface area (Å²) in [5.74, 6) is 1.60. The predicted octanol–water partition coefficient (Wildman–Crippen LogP) is 7.36. The molecule has 1 heterocycles. The summed E-state index contributed by atoms with van der Waals surface area (Å²) in [6.07, 6.45) is -0.0414. The number of pyridine rings is 1. The second-order valence-corrected chi connectivity index (χ2v) is 8.96. The van der Waals surface area contributed by atoms with E-state index in [-0.39, 0.29) is 11.7 Å². The number of halogens is 4. The van der Waals surface area contributed by atoms with E-state index in [1.54, 1.807) is 42.6 Å². The third kappa shape index (κ3) is 9.36. The number of carbonyl (C=O) groups is 2. The van der Waals surface area contributed by atoms with Gasteiger partial charge in [-0.1, -0.05) is 18.0 Å². The van der Waals surface area contributed by atoms with Gasteiger partial charge in [0, 0.05) is 43.7 Å². The number of hydrogen-bond donors (Lipinski definition) is 2. The first-order chi connectivity index (χ1) is 18.5. The van der Waals surface area contributed by atoms with Crippen LogP contribution in [-0.2, 0) is 15.7 Å². The lowest BCUT2D eigenvalue weighted by atomic mass is 10.2. The molecular formula is C27H28ClF3N4O4. The minimum atomic E-state index is -4.64. The molecule has 3 rings (SSSR count). The molecule has 0 spiro atoms. The van der Waals surface area contributed by atoms with Crippen LogP contribution in [0.15, 0.2) is 60.8 Å². The number of nitrogens with zero attached hydrogens (tertiary/aromatic N) is 2. The van der Waals surface area contributed by atoms with Crippen LogP contribution in [0.1, 0.15) is 31.2 Å². The molecule has 2 amide bonds. The fourth-order valence-electron chi connectivity index (χ4n) is 3.54. The molecule has 0 atom stereocenters. The van der Waals surface area contributed by atoms with E-state index in [1.165, 1.54) is 13.2 Å². The lowest BCUT2D eigenvalue weighted by Crippen LogP contribution is -2.20. The molecule has 0 saturated carbocycles. The summed E-state index contributed by atoms with van der Waals surface area (Å²) >= 11 is 5.61. The molecule has 0 unspecified atom stereocenters. The van der Waals surface area contributed by atoms with Crippen molar-refractivity contribution in [2.75, 3.05) is 36.2 Å². The van der Waals surface area contributed by atoms with Gasteiger partial charge >= 0.3 is 18.2 Å². The molecule has 2 aromatic carbocycles. The second-order valence-electron chi connectivity index (χ2n) is 8.56. The molecule has 0 radical (unpaired) electrons. The van der Waals surface area contributed by atoms with Crippen LogP contribution in [0.4, 0.5) is 35.2 Å². The number of unbranched alkanes of at least 4 members (excludes halogenated alkanes) is 2. The normalized spacial score (nSPS) is 11.0. The maximum absolute atomic E-state index is 13.0. The summed E-state index contributed by atoms with van der Waals surface area (Å²) < 4.78 is 49.6. The molecule has 0 aliphatic heterocycles. The Morgan fingerprint density at radius 1 is 0.949 bits per heavy atom. The van der Waals surface area contributed by atoms with Crippen LogP contribution >= 0.6 is 11.6 Å². The summed E-state index contributed by atoms with van der Waals surface area (Å²) in [5.41, 5.74) is -0.680. The number of carbonyl (C=O) groups excluding carboxylic acids is 2. The molecule has 208 valence electrons. The van der Waals surface area contributed by atoms with E-state index >= 15 is 0 Å². The lowest BCUT2D eigenvalue weighted by Gasteiger charge is -2.18. The molecule has 0 bridgehead atoms. The first kappa shape index (κ1) is 29.6. The highest BCUT2D eigenvalue weighted by Gasteiger charge is 2.33. The quantitative estimate of drug-likeness (QED) is 0.187. The molecule has 0 aliphatic rings. The van der Waals surface area contributed by atoms with Crippen molar-refractivity contribution in [2.24, 2.45) is 0 Å². The molecule has 3 aromatic rings. The minimum Gasteiger partial charge on any atom is -0.469 e. The highest BCUT2D eigenvalue weighted by atomic mass is 35.5. The number of amides is 2. The van der Waals surface area contributed by atoms with Gasteiger partial charge in [-0.25, -0.2) is 9.78 Å². The fraction of sp³-hybridized carbons (Fsp3) is 0.296. The topological polar surface area (TPSA) is 92.8 Å². The summed E-state index contributed by atoms with van der Waals surface area (Å²) in [7, 11) is 3.30. The third-order valence-electron chi connectivity index (χ3n) is 5.59. The van der Waals surface area contributed by atoms with Crippen molar-refractivity contribution in [2.45, 2.75) is 31.9 Å². The van der Waals surface area contributed by atoms with Crippen molar-refractivity contribution in [1.29, 1.82) is 0 Å². The maximum Gasteiger partial charge on any atom is 0.417 e. The zero-order valence-electron chi connectivity index (χ0n) is 21.3. The predicted molar refractivity (Wildman–Crippen MR) is 144 cm³/mol. The number of nitrogens with one attached hydrogen (secondary N) is 2. The Morgan fingerprint density at radius 2 is 1.64 bits per heavy atom. The van der Waals surface area contributed by atoms with Gasteiger partial charge in [0.15, 0.2) is 0 Å². The van der Waals surface area contributed by atoms with Gasteiger partial charge in [-0.15, -0.1) is 0 Å². The minimum absolute atomic E-state index is 0.0520. The summed E-state index contributed by atoms with van der Waals surface area (Å²) in [4.78, 5) is 29.8. The Hall–Kier alpha value is -3.99. The van der Waals surface area contributed by atoms with Crippen LogP contribution in [0, 0.1) is 0 Å². The van der Waals surface area contributed by atoms with Gasteiger partial charge in [0.05, 0.1) is 17.7 Å². The zero-order valence-corrected chi connectivity index (χ0v) is 22.1. The summed E-state index contributed by atoms with van der Waals surface area (Å²) in [5, 5.41) is 4.46. The van der Waals surface area contributed by atoms with Gasteiger partial charge in [-0.3, -0.25) is 4.79 Å².